The van der Waals surface area contributed by atoms with E-state index in [-0.39, 0.29) is 0 Å². The maximum Gasteiger partial charge on any atom is 0.126 e. The molecule has 1 unspecified atom stereocenters. The van der Waals surface area contributed by atoms with Gasteiger partial charge in [0.1, 0.15) is 11.9 Å². The molecule has 17 heavy (non-hydrogen) atoms. The van der Waals surface area contributed by atoms with Gasteiger partial charge in [-0.15, -0.1) is 0 Å². The summed E-state index contributed by atoms with van der Waals surface area (Å²) >= 11 is 0. The lowest BCUT2D eigenvalue weighted by atomic mass is 10.0. The predicted octanol–water partition coefficient (Wildman–Crippen LogP) is 1.95. The minimum absolute atomic E-state index is 0.352. The molecule has 4 nitrogen and oxygen atoms in total. The van der Waals surface area contributed by atoms with Gasteiger partial charge in [0.05, 0.1) is 5.56 Å². The van der Waals surface area contributed by atoms with Crippen LogP contribution in [0.2, 0.25) is 0 Å². The molecule has 0 saturated carbocycles. The summed E-state index contributed by atoms with van der Waals surface area (Å²) in [6, 6.07) is 6.05. The van der Waals surface area contributed by atoms with Gasteiger partial charge in [-0.1, -0.05) is 13.8 Å². The fraction of sp³-hybridized carbons (Fsp3) is 0.538. The minimum Gasteiger partial charge on any atom is -0.366 e. The van der Waals surface area contributed by atoms with Gasteiger partial charge in [0.15, 0.2) is 0 Å². The Hall–Kier alpha value is -1.60. The summed E-state index contributed by atoms with van der Waals surface area (Å²) in [7, 11) is 4.12. The van der Waals surface area contributed by atoms with E-state index in [2.05, 4.69) is 49.2 Å². The number of hydrogen-bond acceptors (Lipinski definition) is 4. The van der Waals surface area contributed by atoms with Crippen molar-refractivity contribution in [3.63, 3.8) is 0 Å². The zero-order chi connectivity index (χ0) is 12.8. The van der Waals surface area contributed by atoms with Gasteiger partial charge in [0.2, 0.25) is 0 Å². The first-order valence-corrected chi connectivity index (χ1v) is 5.80. The first kappa shape index (κ1) is 13.5. The van der Waals surface area contributed by atoms with E-state index in [0.717, 1.165) is 12.4 Å². The number of likely N-dealkylation sites (N-methyl/N-ethyl adjacent to an activating group) is 1. The van der Waals surface area contributed by atoms with Gasteiger partial charge in [-0.05, 0) is 32.1 Å². The third-order valence-corrected chi connectivity index (χ3v) is 2.59. The van der Waals surface area contributed by atoms with Crippen LogP contribution in [0.3, 0.4) is 0 Å². The third kappa shape index (κ3) is 4.41. The van der Waals surface area contributed by atoms with Crippen LogP contribution in [0.5, 0.6) is 0 Å². The van der Waals surface area contributed by atoms with E-state index in [1.165, 1.54) is 0 Å². The third-order valence-electron chi connectivity index (χ3n) is 2.59. The number of anilines is 1. The van der Waals surface area contributed by atoms with Crippen molar-refractivity contribution in [3.8, 4) is 6.07 Å². The second-order valence-electron chi connectivity index (χ2n) is 4.80. The molecule has 1 rings (SSSR count). The lowest BCUT2D eigenvalue weighted by Gasteiger charge is -2.26. The average molecular weight is 232 g/mol. The van der Waals surface area contributed by atoms with Crippen LogP contribution in [0.1, 0.15) is 19.4 Å². The van der Waals surface area contributed by atoms with Crippen molar-refractivity contribution in [1.82, 2.24) is 9.88 Å². The highest BCUT2D eigenvalue weighted by atomic mass is 15.1. The Bertz CT molecular complexity index is 375. The molecular weight excluding hydrogens is 212 g/mol. The van der Waals surface area contributed by atoms with Gasteiger partial charge in [0.25, 0.3) is 0 Å². The Labute approximate surface area is 103 Å². The quantitative estimate of drug-likeness (QED) is 0.843. The molecule has 1 heterocycles. The molecule has 1 atom stereocenters. The van der Waals surface area contributed by atoms with E-state index in [9.17, 15) is 0 Å². The van der Waals surface area contributed by atoms with Crippen LogP contribution in [0.25, 0.3) is 0 Å². The number of nitrogens with one attached hydrogen (secondary N) is 1. The summed E-state index contributed by atoms with van der Waals surface area (Å²) in [5.41, 5.74) is 0.587. The van der Waals surface area contributed by atoms with Crippen LogP contribution in [-0.4, -0.2) is 36.6 Å². The first-order chi connectivity index (χ1) is 8.02. The maximum absolute atomic E-state index is 8.70. The summed E-state index contributed by atoms with van der Waals surface area (Å²) in [6.07, 6.45) is 1.59. The van der Waals surface area contributed by atoms with Gasteiger partial charge in [-0.3, -0.25) is 0 Å². The Morgan fingerprint density at radius 2 is 2.12 bits per heavy atom. The summed E-state index contributed by atoms with van der Waals surface area (Å²) in [5, 5.41) is 12.1. The first-order valence-electron chi connectivity index (χ1n) is 5.80. The van der Waals surface area contributed by atoms with Gasteiger partial charge < -0.3 is 10.2 Å². The van der Waals surface area contributed by atoms with E-state index in [1.807, 2.05) is 6.07 Å². The highest BCUT2D eigenvalue weighted by molar-refractivity contribution is 5.39. The molecule has 4 heteroatoms. The number of nitriles is 1. The van der Waals surface area contributed by atoms with Crippen LogP contribution in [-0.2, 0) is 0 Å². The van der Waals surface area contributed by atoms with Crippen LogP contribution in [0, 0.1) is 17.2 Å². The Balaban J connectivity index is 2.69. The summed E-state index contributed by atoms with van der Waals surface area (Å²) in [6.45, 7) is 5.33. The molecule has 0 aromatic carbocycles. The fourth-order valence-electron chi connectivity index (χ4n) is 1.55. The number of hydrogen-bond donors (Lipinski definition) is 1. The van der Waals surface area contributed by atoms with Crippen LogP contribution >= 0.6 is 0 Å². The number of nitrogens with zero attached hydrogens (tertiary/aromatic N) is 3. The molecule has 0 fully saturated rings. The largest absolute Gasteiger partial charge is 0.366 e. The highest BCUT2D eigenvalue weighted by Crippen LogP contribution is 2.11. The molecule has 0 radical (unpaired) electrons. The fourth-order valence-corrected chi connectivity index (χ4v) is 1.55. The minimum atomic E-state index is 0.352. The Kier molecular flexibility index (Phi) is 4.92. The molecule has 1 N–H and O–H groups in total. The lowest BCUT2D eigenvalue weighted by molar-refractivity contribution is 0.344. The van der Waals surface area contributed by atoms with E-state index in [0.29, 0.717) is 17.5 Å². The molecule has 0 saturated heterocycles. The standard InChI is InChI=1S/C13H20N4/c1-10(2)12(9-17(3)4)16-13-6-5-11(7-14)8-15-13/h5-6,8,10,12H,9H2,1-4H3,(H,15,16). The molecular formula is C13H20N4. The average Bonchev–Trinajstić information content (AvgIpc) is 2.28. The van der Waals surface area contributed by atoms with Crippen molar-refractivity contribution in [2.45, 2.75) is 19.9 Å². The second kappa shape index (κ2) is 6.21. The van der Waals surface area contributed by atoms with E-state index in [1.54, 1.807) is 12.3 Å². The van der Waals surface area contributed by atoms with Crippen molar-refractivity contribution >= 4 is 5.82 Å². The van der Waals surface area contributed by atoms with Crippen molar-refractivity contribution in [1.29, 1.82) is 5.26 Å². The SMILES string of the molecule is CC(C)C(CN(C)C)Nc1ccc(C#N)cn1. The smallest absolute Gasteiger partial charge is 0.126 e. The monoisotopic (exact) mass is 232 g/mol. The van der Waals surface area contributed by atoms with Gasteiger partial charge in [-0.25, -0.2) is 4.98 Å². The second-order valence-corrected chi connectivity index (χ2v) is 4.80. The molecule has 0 aliphatic carbocycles. The van der Waals surface area contributed by atoms with Gasteiger partial charge in [0, 0.05) is 18.8 Å². The lowest BCUT2D eigenvalue weighted by Crippen LogP contribution is -2.36. The van der Waals surface area contributed by atoms with E-state index < -0.39 is 0 Å². The molecule has 92 valence electrons. The zero-order valence-corrected chi connectivity index (χ0v) is 10.9. The molecule has 0 spiro atoms. The predicted molar refractivity (Wildman–Crippen MR) is 69.8 cm³/mol. The molecule has 0 aliphatic rings. The maximum atomic E-state index is 8.70. The van der Waals surface area contributed by atoms with E-state index in [4.69, 9.17) is 5.26 Å². The van der Waals surface area contributed by atoms with Crippen molar-refractivity contribution in [2.75, 3.05) is 26.0 Å². The summed E-state index contributed by atoms with van der Waals surface area (Å²) in [4.78, 5) is 6.38. The molecule has 1 aromatic heterocycles. The molecule has 1 aromatic rings. The number of pyridine rings is 1. The highest BCUT2D eigenvalue weighted by Gasteiger charge is 2.14. The van der Waals surface area contributed by atoms with Gasteiger partial charge >= 0.3 is 0 Å². The Morgan fingerprint density at radius 3 is 2.53 bits per heavy atom. The van der Waals surface area contributed by atoms with Crippen molar-refractivity contribution < 1.29 is 0 Å². The number of aromatic nitrogens is 1. The zero-order valence-electron chi connectivity index (χ0n) is 10.9. The summed E-state index contributed by atoms with van der Waals surface area (Å²) in [5.74, 6) is 1.35. The van der Waals surface area contributed by atoms with E-state index >= 15 is 0 Å². The molecule has 0 bridgehead atoms. The van der Waals surface area contributed by atoms with Gasteiger partial charge in [-0.2, -0.15) is 5.26 Å². The normalized spacial score (nSPS) is 12.5. The van der Waals surface area contributed by atoms with Crippen molar-refractivity contribution in [3.05, 3.63) is 23.9 Å². The van der Waals surface area contributed by atoms with Crippen LogP contribution in [0.15, 0.2) is 18.3 Å². The van der Waals surface area contributed by atoms with Crippen LogP contribution < -0.4 is 5.32 Å². The molecule has 0 amide bonds. The summed E-state index contributed by atoms with van der Waals surface area (Å²) < 4.78 is 0. The van der Waals surface area contributed by atoms with Crippen LogP contribution in [0.4, 0.5) is 5.82 Å². The number of rotatable bonds is 5. The van der Waals surface area contributed by atoms with Crippen molar-refractivity contribution in [2.24, 2.45) is 5.92 Å². The molecule has 0 aliphatic heterocycles. The topological polar surface area (TPSA) is 52.0 Å². The Morgan fingerprint density at radius 1 is 1.41 bits per heavy atom.